The summed E-state index contributed by atoms with van der Waals surface area (Å²) in [6, 6.07) is 14.8. The maximum atomic E-state index is 12.6. The van der Waals surface area contributed by atoms with Crippen LogP contribution in [0.5, 0.6) is 5.75 Å². The molecule has 2 aromatic carbocycles. The van der Waals surface area contributed by atoms with Gasteiger partial charge in [0.25, 0.3) is 5.91 Å². The van der Waals surface area contributed by atoms with Crippen LogP contribution < -0.4 is 10.4 Å². The molecule has 5 rings (SSSR count). The van der Waals surface area contributed by atoms with Gasteiger partial charge in [-0.25, -0.2) is 9.78 Å². The van der Waals surface area contributed by atoms with Gasteiger partial charge in [0, 0.05) is 36.5 Å². The first kappa shape index (κ1) is 19.4. The molecule has 1 aliphatic rings. The van der Waals surface area contributed by atoms with Crippen LogP contribution in [0, 0.1) is 6.92 Å². The predicted octanol–water partition coefficient (Wildman–Crippen LogP) is 3.76. The minimum atomic E-state index is -0.398. The summed E-state index contributed by atoms with van der Waals surface area (Å²) in [4.78, 5) is 34.2. The molecule has 31 heavy (non-hydrogen) atoms. The van der Waals surface area contributed by atoms with Crippen LogP contribution in [-0.4, -0.2) is 40.5 Å². The van der Waals surface area contributed by atoms with Crippen LogP contribution in [-0.2, 0) is 4.79 Å². The van der Waals surface area contributed by atoms with Gasteiger partial charge in [-0.15, -0.1) is 0 Å². The molecule has 0 radical (unpaired) electrons. The van der Waals surface area contributed by atoms with Crippen molar-refractivity contribution >= 4 is 27.9 Å². The molecule has 2 aromatic heterocycles. The number of likely N-dealkylation sites (tertiary alicyclic amines) is 1. The number of benzene rings is 2. The molecule has 1 saturated heterocycles. The van der Waals surface area contributed by atoms with Gasteiger partial charge in [0.1, 0.15) is 17.2 Å². The number of carbonyl (C=O) groups excluding carboxylic acids is 1. The highest BCUT2D eigenvalue weighted by atomic mass is 16.5. The van der Waals surface area contributed by atoms with Crippen molar-refractivity contribution in [2.45, 2.75) is 25.7 Å². The lowest BCUT2D eigenvalue weighted by molar-refractivity contribution is -0.134. The minimum absolute atomic E-state index is 0.0448. The third-order valence-electron chi connectivity index (χ3n) is 5.93. The number of fused-ring (bicyclic) bond motifs is 2. The van der Waals surface area contributed by atoms with E-state index < -0.39 is 5.63 Å². The molecule has 1 amide bonds. The molecule has 0 aliphatic carbocycles. The van der Waals surface area contributed by atoms with Crippen LogP contribution in [0.2, 0.25) is 0 Å². The van der Waals surface area contributed by atoms with Gasteiger partial charge in [-0.2, -0.15) is 0 Å². The number of piperidine rings is 1. The average molecular weight is 417 g/mol. The van der Waals surface area contributed by atoms with Crippen LogP contribution in [0.15, 0.2) is 57.7 Å². The molecule has 0 bridgehead atoms. The average Bonchev–Trinajstić information content (AvgIpc) is 3.21. The first-order valence-electron chi connectivity index (χ1n) is 10.5. The predicted molar refractivity (Wildman–Crippen MR) is 117 cm³/mol. The molecule has 1 fully saturated rings. The Balaban J connectivity index is 1.19. The molecule has 0 spiro atoms. The monoisotopic (exact) mass is 417 g/mol. The van der Waals surface area contributed by atoms with Gasteiger partial charge in [0.15, 0.2) is 6.61 Å². The first-order chi connectivity index (χ1) is 15.1. The fraction of sp³-hybridized carbons (Fsp3) is 0.292. The quantitative estimate of drug-likeness (QED) is 0.511. The molecule has 4 aromatic rings. The van der Waals surface area contributed by atoms with E-state index in [0.29, 0.717) is 30.3 Å². The number of rotatable bonds is 4. The Morgan fingerprint density at radius 3 is 2.81 bits per heavy atom. The lowest BCUT2D eigenvalue weighted by Crippen LogP contribution is -2.40. The first-order valence-corrected chi connectivity index (χ1v) is 10.5. The summed E-state index contributed by atoms with van der Waals surface area (Å²) in [6.07, 6.45) is 1.73. The van der Waals surface area contributed by atoms with Crippen molar-refractivity contribution in [3.63, 3.8) is 0 Å². The Morgan fingerprint density at radius 1 is 1.19 bits per heavy atom. The molecule has 7 nitrogen and oxygen atoms in total. The second kappa shape index (κ2) is 7.91. The van der Waals surface area contributed by atoms with Crippen molar-refractivity contribution in [2.24, 2.45) is 0 Å². The number of hydrogen-bond donors (Lipinski definition) is 1. The minimum Gasteiger partial charge on any atom is -0.484 e. The normalized spacial score (nSPS) is 14.9. The number of hydrogen-bond acceptors (Lipinski definition) is 5. The highest BCUT2D eigenvalue weighted by molar-refractivity contribution is 5.82. The number of ether oxygens (including phenoxy) is 1. The van der Waals surface area contributed by atoms with Gasteiger partial charge < -0.3 is 19.0 Å². The third kappa shape index (κ3) is 3.91. The summed E-state index contributed by atoms with van der Waals surface area (Å²) in [5.74, 6) is 1.78. The highest BCUT2D eigenvalue weighted by Gasteiger charge is 2.26. The van der Waals surface area contributed by atoms with Crippen LogP contribution in [0.1, 0.15) is 30.1 Å². The van der Waals surface area contributed by atoms with Crippen molar-refractivity contribution in [2.75, 3.05) is 19.7 Å². The van der Waals surface area contributed by atoms with E-state index in [1.807, 2.05) is 42.2 Å². The summed E-state index contributed by atoms with van der Waals surface area (Å²) in [5, 5.41) is 0.853. The molecule has 158 valence electrons. The lowest BCUT2D eigenvalue weighted by Gasteiger charge is -2.31. The third-order valence-corrected chi connectivity index (χ3v) is 5.93. The van der Waals surface area contributed by atoms with E-state index in [-0.39, 0.29) is 12.5 Å². The zero-order valence-electron chi connectivity index (χ0n) is 17.3. The second-order valence-corrected chi connectivity index (χ2v) is 7.99. The van der Waals surface area contributed by atoms with E-state index in [9.17, 15) is 9.59 Å². The number of H-pyrrole nitrogens is 1. The largest absolute Gasteiger partial charge is 0.484 e. The number of aromatic nitrogens is 2. The Kier molecular flexibility index (Phi) is 4.94. The smallest absolute Gasteiger partial charge is 0.336 e. The molecule has 3 heterocycles. The topological polar surface area (TPSA) is 88.4 Å². The summed E-state index contributed by atoms with van der Waals surface area (Å²) in [6.45, 7) is 3.17. The number of carbonyl (C=O) groups is 1. The highest BCUT2D eigenvalue weighted by Crippen LogP contribution is 2.28. The van der Waals surface area contributed by atoms with Crippen molar-refractivity contribution < 1.29 is 13.9 Å². The van der Waals surface area contributed by atoms with E-state index in [4.69, 9.17) is 14.1 Å². The summed E-state index contributed by atoms with van der Waals surface area (Å²) < 4.78 is 10.9. The zero-order chi connectivity index (χ0) is 21.4. The van der Waals surface area contributed by atoms with Crippen molar-refractivity contribution in [3.05, 3.63) is 70.3 Å². The number of aromatic amines is 1. The molecule has 0 unspecified atom stereocenters. The maximum Gasteiger partial charge on any atom is 0.336 e. The van der Waals surface area contributed by atoms with E-state index in [2.05, 4.69) is 4.98 Å². The second-order valence-electron chi connectivity index (χ2n) is 7.99. The van der Waals surface area contributed by atoms with E-state index >= 15 is 0 Å². The zero-order valence-corrected chi connectivity index (χ0v) is 17.3. The SMILES string of the molecule is Cc1cc(=O)oc2cc(OCC(=O)N3CCC(c4nc5ccccc5[nH]4)CC3)ccc12. The molecule has 1 N–H and O–H groups in total. The molecule has 0 atom stereocenters. The number of amides is 1. The molecule has 0 saturated carbocycles. The standard InChI is InChI=1S/C24H23N3O4/c1-15-12-23(29)31-21-13-17(6-7-18(15)21)30-14-22(28)27-10-8-16(9-11-27)24-25-19-4-2-3-5-20(19)26-24/h2-7,12-13,16H,8-11,14H2,1H3,(H,25,26). The van der Waals surface area contributed by atoms with Crippen LogP contribution in [0.4, 0.5) is 0 Å². The van der Waals surface area contributed by atoms with Crippen LogP contribution >= 0.6 is 0 Å². The van der Waals surface area contributed by atoms with Gasteiger partial charge in [0.2, 0.25) is 0 Å². The van der Waals surface area contributed by atoms with Crippen molar-refractivity contribution in [1.29, 1.82) is 0 Å². The van der Waals surface area contributed by atoms with E-state index in [1.165, 1.54) is 6.07 Å². The number of aryl methyl sites for hydroxylation is 1. The Morgan fingerprint density at radius 2 is 2.00 bits per heavy atom. The van der Waals surface area contributed by atoms with Gasteiger partial charge in [-0.1, -0.05) is 12.1 Å². The van der Waals surface area contributed by atoms with Gasteiger partial charge in [0.05, 0.1) is 11.0 Å². The summed E-state index contributed by atoms with van der Waals surface area (Å²) >= 11 is 0. The van der Waals surface area contributed by atoms with E-state index in [0.717, 1.165) is 40.6 Å². The Hall–Kier alpha value is -3.61. The molecular weight excluding hydrogens is 394 g/mol. The van der Waals surface area contributed by atoms with Crippen molar-refractivity contribution in [1.82, 2.24) is 14.9 Å². The number of nitrogens with one attached hydrogen (secondary N) is 1. The van der Waals surface area contributed by atoms with Gasteiger partial charge in [-0.05, 0) is 49.6 Å². The van der Waals surface area contributed by atoms with Gasteiger partial charge >= 0.3 is 5.63 Å². The van der Waals surface area contributed by atoms with Crippen LogP contribution in [0.25, 0.3) is 22.0 Å². The molecule has 1 aliphatic heterocycles. The lowest BCUT2D eigenvalue weighted by atomic mass is 9.96. The number of imidazole rings is 1. The van der Waals surface area contributed by atoms with Crippen molar-refractivity contribution in [3.8, 4) is 5.75 Å². The fourth-order valence-corrected chi connectivity index (χ4v) is 4.20. The summed E-state index contributed by atoms with van der Waals surface area (Å²) in [5.41, 5.74) is 2.94. The van der Waals surface area contributed by atoms with E-state index in [1.54, 1.807) is 12.1 Å². The number of para-hydroxylation sites is 2. The maximum absolute atomic E-state index is 12.6. The molecule has 7 heteroatoms. The van der Waals surface area contributed by atoms with Crippen LogP contribution in [0.3, 0.4) is 0 Å². The Bertz CT molecular complexity index is 1280. The fourth-order valence-electron chi connectivity index (χ4n) is 4.20. The van der Waals surface area contributed by atoms with Gasteiger partial charge in [-0.3, -0.25) is 4.79 Å². The summed E-state index contributed by atoms with van der Waals surface area (Å²) in [7, 11) is 0. The molecular formula is C24H23N3O4. The number of nitrogens with zero attached hydrogens (tertiary/aromatic N) is 2. The Labute approximate surface area is 178 Å².